The highest BCUT2D eigenvalue weighted by atomic mass is 32.2. The molecule has 0 aromatic heterocycles. The van der Waals surface area contributed by atoms with Gasteiger partial charge < -0.3 is 10.1 Å². The van der Waals surface area contributed by atoms with Crippen LogP contribution in [0.25, 0.3) is 0 Å². The number of sulfonamides is 1. The first kappa shape index (κ1) is 21.2. The largest absolute Gasteiger partial charge is 0.490 e. The smallest absolute Gasteiger partial charge is 0.229 e. The van der Waals surface area contributed by atoms with Crippen LogP contribution in [0.1, 0.15) is 43.2 Å². The van der Waals surface area contributed by atoms with Gasteiger partial charge in [0.05, 0.1) is 24.5 Å². The lowest BCUT2D eigenvalue weighted by Crippen LogP contribution is -2.25. The number of nitrogens with one attached hydrogen (secondary N) is 2. The standard InChI is InChI=1S/C22H28N2O4S/c1-29(26,27)24-21-10-6-5-7-18(21)15-22(25)23-16-17-11-13-20(14-12-17)28-19-8-3-2-4-9-19/h5-7,10-14,19,24H,2-4,8-9,15-16H2,1H3,(H,23,25). The lowest BCUT2D eigenvalue weighted by Gasteiger charge is -2.23. The lowest BCUT2D eigenvalue weighted by molar-refractivity contribution is -0.120. The van der Waals surface area contributed by atoms with E-state index in [4.69, 9.17) is 4.74 Å². The molecule has 0 radical (unpaired) electrons. The molecule has 0 spiro atoms. The van der Waals surface area contributed by atoms with Crippen LogP contribution in [0.15, 0.2) is 48.5 Å². The monoisotopic (exact) mass is 416 g/mol. The van der Waals surface area contributed by atoms with Crippen LogP contribution in [0, 0.1) is 0 Å². The molecule has 0 atom stereocenters. The number of rotatable bonds is 8. The fraction of sp³-hybridized carbons (Fsp3) is 0.409. The molecular formula is C22H28N2O4S. The Balaban J connectivity index is 1.51. The molecule has 1 aliphatic carbocycles. The van der Waals surface area contributed by atoms with Crippen molar-refractivity contribution in [2.45, 2.75) is 51.2 Å². The van der Waals surface area contributed by atoms with Gasteiger partial charge in [0.1, 0.15) is 5.75 Å². The number of carbonyl (C=O) groups excluding carboxylic acids is 1. The van der Waals surface area contributed by atoms with Gasteiger partial charge in [-0.15, -0.1) is 0 Å². The molecule has 1 fully saturated rings. The highest BCUT2D eigenvalue weighted by molar-refractivity contribution is 7.92. The normalized spacial score (nSPS) is 14.9. The summed E-state index contributed by atoms with van der Waals surface area (Å²) in [6.45, 7) is 0.407. The van der Waals surface area contributed by atoms with E-state index in [-0.39, 0.29) is 12.3 Å². The maximum Gasteiger partial charge on any atom is 0.229 e. The predicted octanol–water partition coefficient (Wildman–Crippen LogP) is 3.63. The van der Waals surface area contributed by atoms with Gasteiger partial charge in [-0.05, 0) is 55.0 Å². The quantitative estimate of drug-likeness (QED) is 0.688. The van der Waals surface area contributed by atoms with Gasteiger partial charge in [0.2, 0.25) is 15.9 Å². The van der Waals surface area contributed by atoms with E-state index in [1.807, 2.05) is 24.3 Å². The van der Waals surface area contributed by atoms with Gasteiger partial charge in [-0.3, -0.25) is 9.52 Å². The number of anilines is 1. The Labute approximate surface area is 172 Å². The van der Waals surface area contributed by atoms with Gasteiger partial charge in [-0.2, -0.15) is 0 Å². The van der Waals surface area contributed by atoms with E-state index in [1.165, 1.54) is 19.3 Å². The van der Waals surface area contributed by atoms with Crippen LogP contribution in [0.2, 0.25) is 0 Å². The summed E-state index contributed by atoms with van der Waals surface area (Å²) in [5.41, 5.74) is 2.04. The van der Waals surface area contributed by atoms with E-state index in [0.29, 0.717) is 23.9 Å². The lowest BCUT2D eigenvalue weighted by atomic mass is 9.98. The number of carbonyl (C=O) groups is 1. The van der Waals surface area contributed by atoms with Crippen molar-refractivity contribution >= 4 is 21.6 Å². The van der Waals surface area contributed by atoms with Gasteiger partial charge in [-0.1, -0.05) is 36.8 Å². The molecule has 2 aromatic rings. The van der Waals surface area contributed by atoms with Crippen molar-refractivity contribution in [2.24, 2.45) is 0 Å². The highest BCUT2D eigenvalue weighted by Crippen LogP contribution is 2.23. The number of benzene rings is 2. The van der Waals surface area contributed by atoms with Crippen molar-refractivity contribution < 1.29 is 17.9 Å². The molecule has 1 aliphatic rings. The van der Waals surface area contributed by atoms with E-state index >= 15 is 0 Å². The van der Waals surface area contributed by atoms with Crippen molar-refractivity contribution in [2.75, 3.05) is 11.0 Å². The van der Waals surface area contributed by atoms with Crippen molar-refractivity contribution in [3.63, 3.8) is 0 Å². The summed E-state index contributed by atoms with van der Waals surface area (Å²) >= 11 is 0. The Morgan fingerprint density at radius 2 is 1.72 bits per heavy atom. The molecule has 3 rings (SSSR count). The molecule has 2 N–H and O–H groups in total. The van der Waals surface area contributed by atoms with Gasteiger partial charge in [-0.25, -0.2) is 8.42 Å². The summed E-state index contributed by atoms with van der Waals surface area (Å²) < 4.78 is 31.4. The van der Waals surface area contributed by atoms with Crippen LogP contribution >= 0.6 is 0 Å². The first-order valence-corrected chi connectivity index (χ1v) is 11.9. The van der Waals surface area contributed by atoms with Crippen LogP contribution in [0.4, 0.5) is 5.69 Å². The zero-order valence-electron chi connectivity index (χ0n) is 16.7. The fourth-order valence-corrected chi connectivity index (χ4v) is 4.07. The molecular weight excluding hydrogens is 388 g/mol. The van der Waals surface area contributed by atoms with E-state index in [1.54, 1.807) is 24.3 Å². The van der Waals surface area contributed by atoms with Crippen LogP contribution < -0.4 is 14.8 Å². The summed E-state index contributed by atoms with van der Waals surface area (Å²) in [6.07, 6.45) is 7.51. The summed E-state index contributed by atoms with van der Waals surface area (Å²) in [5.74, 6) is 0.697. The minimum atomic E-state index is -3.40. The molecule has 0 saturated heterocycles. The zero-order chi connectivity index (χ0) is 20.7. The predicted molar refractivity (Wildman–Crippen MR) is 114 cm³/mol. The Hall–Kier alpha value is -2.54. The molecule has 1 amide bonds. The zero-order valence-corrected chi connectivity index (χ0v) is 17.5. The second-order valence-electron chi connectivity index (χ2n) is 7.51. The summed E-state index contributed by atoms with van der Waals surface area (Å²) in [7, 11) is -3.40. The topological polar surface area (TPSA) is 84.5 Å². The van der Waals surface area contributed by atoms with E-state index in [9.17, 15) is 13.2 Å². The second-order valence-corrected chi connectivity index (χ2v) is 9.26. The third kappa shape index (κ3) is 7.09. The maximum atomic E-state index is 12.3. The molecule has 1 saturated carbocycles. The molecule has 0 aliphatic heterocycles. The van der Waals surface area contributed by atoms with E-state index in [0.717, 1.165) is 30.4 Å². The second kappa shape index (κ2) is 9.78. The van der Waals surface area contributed by atoms with Gasteiger partial charge >= 0.3 is 0 Å². The average molecular weight is 417 g/mol. The van der Waals surface area contributed by atoms with E-state index < -0.39 is 10.0 Å². The minimum Gasteiger partial charge on any atom is -0.490 e. The Kier molecular flexibility index (Phi) is 7.14. The van der Waals surface area contributed by atoms with E-state index in [2.05, 4.69) is 10.0 Å². The number of para-hydroxylation sites is 1. The highest BCUT2D eigenvalue weighted by Gasteiger charge is 2.15. The van der Waals surface area contributed by atoms with Crippen molar-refractivity contribution in [1.29, 1.82) is 0 Å². The molecule has 6 nitrogen and oxygen atoms in total. The van der Waals surface area contributed by atoms with Gasteiger partial charge in [0.25, 0.3) is 0 Å². The molecule has 2 aromatic carbocycles. The van der Waals surface area contributed by atoms with Crippen LogP contribution in [-0.4, -0.2) is 26.7 Å². The van der Waals surface area contributed by atoms with Crippen molar-refractivity contribution in [3.8, 4) is 5.75 Å². The molecule has 0 bridgehead atoms. The van der Waals surface area contributed by atoms with Crippen molar-refractivity contribution in [1.82, 2.24) is 5.32 Å². The molecule has 0 heterocycles. The number of hydrogen-bond acceptors (Lipinski definition) is 4. The third-order valence-corrected chi connectivity index (χ3v) is 5.52. The van der Waals surface area contributed by atoms with Crippen molar-refractivity contribution in [3.05, 3.63) is 59.7 Å². The van der Waals surface area contributed by atoms with Gasteiger partial charge in [0.15, 0.2) is 0 Å². The number of hydrogen-bond donors (Lipinski definition) is 2. The first-order chi connectivity index (χ1) is 13.9. The average Bonchev–Trinajstić information content (AvgIpc) is 2.69. The molecule has 0 unspecified atom stereocenters. The van der Waals surface area contributed by atoms with Gasteiger partial charge in [0, 0.05) is 6.54 Å². The fourth-order valence-electron chi connectivity index (χ4n) is 3.47. The minimum absolute atomic E-state index is 0.0988. The van der Waals surface area contributed by atoms with Crippen LogP contribution in [-0.2, 0) is 27.8 Å². The summed E-state index contributed by atoms with van der Waals surface area (Å²) in [6, 6.07) is 14.7. The van der Waals surface area contributed by atoms with Crippen LogP contribution in [0.3, 0.4) is 0 Å². The third-order valence-electron chi connectivity index (χ3n) is 4.93. The summed E-state index contributed by atoms with van der Waals surface area (Å²) in [4.78, 5) is 12.3. The Bertz CT molecular complexity index is 920. The molecule has 7 heteroatoms. The Morgan fingerprint density at radius 1 is 1.03 bits per heavy atom. The SMILES string of the molecule is CS(=O)(=O)Nc1ccccc1CC(=O)NCc1ccc(OC2CCCCC2)cc1. The summed E-state index contributed by atoms with van der Waals surface area (Å²) in [5, 5.41) is 2.88. The number of amides is 1. The maximum absolute atomic E-state index is 12.3. The van der Waals surface area contributed by atoms with Crippen LogP contribution in [0.5, 0.6) is 5.75 Å². The molecule has 29 heavy (non-hydrogen) atoms. The number of ether oxygens (including phenoxy) is 1. The first-order valence-electron chi connectivity index (χ1n) is 9.97. The Morgan fingerprint density at radius 3 is 2.41 bits per heavy atom. The molecule has 156 valence electrons.